The predicted molar refractivity (Wildman–Crippen MR) is 132 cm³/mol. The highest BCUT2D eigenvalue weighted by Gasteiger charge is 2.29. The topological polar surface area (TPSA) is 48.5 Å². The maximum absolute atomic E-state index is 13.0. The molecule has 1 aromatic carbocycles. The lowest BCUT2D eigenvalue weighted by Gasteiger charge is -2.42. The third kappa shape index (κ3) is 5.67. The van der Waals surface area contributed by atoms with Crippen LogP contribution in [0.4, 0.5) is 11.5 Å². The van der Waals surface area contributed by atoms with Gasteiger partial charge >= 0.3 is 0 Å². The van der Waals surface area contributed by atoms with E-state index in [2.05, 4.69) is 38.9 Å². The van der Waals surface area contributed by atoms with Crippen LogP contribution in [0.1, 0.15) is 36.0 Å². The van der Waals surface area contributed by atoms with Crippen molar-refractivity contribution in [2.45, 2.75) is 37.8 Å². The van der Waals surface area contributed by atoms with E-state index in [1.54, 1.807) is 18.2 Å². The van der Waals surface area contributed by atoms with E-state index in [1.807, 2.05) is 12.1 Å². The molecule has 166 valence electrons. The van der Waals surface area contributed by atoms with E-state index in [0.29, 0.717) is 27.5 Å². The molecule has 0 saturated carbocycles. The summed E-state index contributed by atoms with van der Waals surface area (Å²) < 4.78 is 0. The summed E-state index contributed by atoms with van der Waals surface area (Å²) in [5.74, 6) is 2.81. The van der Waals surface area contributed by atoms with E-state index in [1.165, 1.54) is 30.5 Å². The van der Waals surface area contributed by atoms with Crippen LogP contribution in [0.2, 0.25) is 10.0 Å². The van der Waals surface area contributed by atoms with Crippen molar-refractivity contribution in [1.82, 2.24) is 9.88 Å². The SMILES string of the molecule is CN(c1ccc(Cl)cc1C(=O)Nc1ccc(Cl)cn1)C1CCN(C2CCSCC2)CC1. The number of aromatic nitrogens is 1. The van der Waals surface area contributed by atoms with Crippen molar-refractivity contribution in [2.24, 2.45) is 0 Å². The van der Waals surface area contributed by atoms with Crippen molar-refractivity contribution in [2.75, 3.05) is 41.9 Å². The number of likely N-dealkylation sites (tertiary alicyclic amines) is 1. The number of piperidine rings is 1. The first-order valence-electron chi connectivity index (χ1n) is 10.8. The lowest BCUT2D eigenvalue weighted by molar-refractivity contribution is 0.102. The Kier molecular flexibility index (Phi) is 7.64. The van der Waals surface area contributed by atoms with Crippen LogP contribution >= 0.6 is 35.0 Å². The Bertz CT molecular complexity index is 897. The van der Waals surface area contributed by atoms with Crippen molar-refractivity contribution in [3.63, 3.8) is 0 Å². The van der Waals surface area contributed by atoms with E-state index in [9.17, 15) is 4.79 Å². The average Bonchev–Trinajstić information content (AvgIpc) is 2.81. The minimum atomic E-state index is -0.226. The number of thioether (sulfide) groups is 1. The molecular formula is C23H28Cl2N4OS. The van der Waals surface area contributed by atoms with Crippen LogP contribution in [0.3, 0.4) is 0 Å². The molecule has 0 spiro atoms. The number of anilines is 2. The quantitative estimate of drug-likeness (QED) is 0.619. The van der Waals surface area contributed by atoms with Gasteiger partial charge in [0.2, 0.25) is 0 Å². The van der Waals surface area contributed by atoms with Gasteiger partial charge in [-0.3, -0.25) is 4.79 Å². The monoisotopic (exact) mass is 478 g/mol. The fraction of sp³-hybridized carbons (Fsp3) is 0.478. The Morgan fingerprint density at radius 1 is 1.10 bits per heavy atom. The summed E-state index contributed by atoms with van der Waals surface area (Å²) in [6.45, 7) is 2.24. The number of pyridine rings is 1. The third-order valence-electron chi connectivity index (χ3n) is 6.31. The smallest absolute Gasteiger partial charge is 0.258 e. The second-order valence-electron chi connectivity index (χ2n) is 8.20. The first-order chi connectivity index (χ1) is 15.0. The fourth-order valence-electron chi connectivity index (χ4n) is 4.52. The van der Waals surface area contributed by atoms with Gasteiger partial charge in [0.1, 0.15) is 5.82 Å². The van der Waals surface area contributed by atoms with Crippen LogP contribution in [0, 0.1) is 0 Å². The molecule has 1 amide bonds. The molecule has 0 radical (unpaired) electrons. The largest absolute Gasteiger partial charge is 0.371 e. The average molecular weight is 479 g/mol. The Balaban J connectivity index is 1.45. The number of hydrogen-bond acceptors (Lipinski definition) is 5. The molecule has 2 saturated heterocycles. The van der Waals surface area contributed by atoms with Crippen LogP contribution in [0.5, 0.6) is 0 Å². The van der Waals surface area contributed by atoms with Crippen LogP contribution in [-0.4, -0.2) is 59.5 Å². The van der Waals surface area contributed by atoms with Gasteiger partial charge in [0.15, 0.2) is 0 Å². The minimum Gasteiger partial charge on any atom is -0.371 e. The first kappa shape index (κ1) is 22.7. The van der Waals surface area contributed by atoms with Crippen LogP contribution in [-0.2, 0) is 0 Å². The van der Waals surface area contributed by atoms with E-state index in [-0.39, 0.29) is 5.91 Å². The van der Waals surface area contributed by atoms with Crippen LogP contribution in [0.25, 0.3) is 0 Å². The standard InChI is InChI=1S/C23H28Cl2N4OS/c1-28(18-6-10-29(11-7-18)19-8-12-31-13-9-19)21-4-2-16(24)14-20(21)23(30)27-22-5-3-17(25)15-26-22/h2-5,14-15,18-19H,6-13H2,1H3,(H,26,27,30). The Labute approximate surface area is 198 Å². The number of nitrogens with one attached hydrogen (secondary N) is 1. The zero-order chi connectivity index (χ0) is 21.8. The molecule has 0 unspecified atom stereocenters. The molecule has 2 aliphatic rings. The summed E-state index contributed by atoms with van der Waals surface area (Å²) >= 11 is 14.2. The molecule has 4 rings (SSSR count). The maximum Gasteiger partial charge on any atom is 0.258 e. The van der Waals surface area contributed by atoms with Gasteiger partial charge in [-0.15, -0.1) is 0 Å². The van der Waals surface area contributed by atoms with Gasteiger partial charge in [-0.05, 0) is 67.5 Å². The fourth-order valence-corrected chi connectivity index (χ4v) is 5.88. The van der Waals surface area contributed by atoms with Crippen molar-refractivity contribution < 1.29 is 4.79 Å². The summed E-state index contributed by atoms with van der Waals surface area (Å²) in [6.07, 6.45) is 6.34. The highest BCUT2D eigenvalue weighted by molar-refractivity contribution is 7.99. The number of halogens is 2. The molecule has 0 atom stereocenters. The maximum atomic E-state index is 13.0. The Morgan fingerprint density at radius 2 is 1.81 bits per heavy atom. The van der Waals surface area contributed by atoms with Gasteiger partial charge in [0.25, 0.3) is 5.91 Å². The predicted octanol–water partition coefficient (Wildman–Crippen LogP) is 5.44. The number of hydrogen-bond donors (Lipinski definition) is 1. The van der Waals surface area contributed by atoms with E-state index >= 15 is 0 Å². The van der Waals surface area contributed by atoms with Crippen LogP contribution in [0.15, 0.2) is 36.5 Å². The van der Waals surface area contributed by atoms with Gasteiger partial charge in [-0.25, -0.2) is 4.98 Å². The molecule has 2 aliphatic heterocycles. The Hall–Kier alpha value is -1.47. The van der Waals surface area contributed by atoms with Crippen molar-refractivity contribution >= 4 is 52.4 Å². The first-order valence-corrected chi connectivity index (χ1v) is 12.7. The molecule has 8 heteroatoms. The van der Waals surface area contributed by atoms with Gasteiger partial charge in [-0.2, -0.15) is 11.8 Å². The van der Waals surface area contributed by atoms with Crippen molar-refractivity contribution in [1.29, 1.82) is 0 Å². The summed E-state index contributed by atoms with van der Waals surface area (Å²) in [5, 5.41) is 3.92. The lowest BCUT2D eigenvalue weighted by Crippen LogP contribution is -2.48. The highest BCUT2D eigenvalue weighted by Crippen LogP contribution is 2.30. The molecule has 3 heterocycles. The summed E-state index contributed by atoms with van der Waals surface area (Å²) in [7, 11) is 2.08. The molecule has 1 aromatic heterocycles. The van der Waals surface area contributed by atoms with E-state index in [0.717, 1.165) is 37.7 Å². The van der Waals surface area contributed by atoms with E-state index < -0.39 is 0 Å². The van der Waals surface area contributed by atoms with Crippen LogP contribution < -0.4 is 10.2 Å². The zero-order valence-corrected chi connectivity index (χ0v) is 20.0. The number of amides is 1. The number of carbonyl (C=O) groups is 1. The molecule has 5 nitrogen and oxygen atoms in total. The van der Waals surface area contributed by atoms with Gasteiger partial charge < -0.3 is 15.1 Å². The minimum absolute atomic E-state index is 0.226. The Morgan fingerprint density at radius 3 is 2.48 bits per heavy atom. The van der Waals surface area contributed by atoms with Gasteiger partial charge in [0.05, 0.1) is 10.6 Å². The van der Waals surface area contributed by atoms with Crippen molar-refractivity contribution in [3.05, 3.63) is 52.1 Å². The molecule has 1 N–H and O–H groups in total. The molecule has 0 bridgehead atoms. The normalized spacial score (nSPS) is 18.7. The van der Waals surface area contributed by atoms with Gasteiger partial charge in [-0.1, -0.05) is 23.2 Å². The van der Waals surface area contributed by atoms with Crippen molar-refractivity contribution in [3.8, 4) is 0 Å². The van der Waals surface area contributed by atoms with E-state index in [4.69, 9.17) is 23.2 Å². The number of rotatable bonds is 5. The number of benzene rings is 1. The summed E-state index contributed by atoms with van der Waals surface area (Å²) in [5.41, 5.74) is 1.45. The molecule has 31 heavy (non-hydrogen) atoms. The number of carbonyl (C=O) groups excluding carboxylic acids is 1. The summed E-state index contributed by atoms with van der Waals surface area (Å²) in [4.78, 5) is 22.1. The summed E-state index contributed by atoms with van der Waals surface area (Å²) in [6, 6.07) is 10.1. The number of nitrogens with zero attached hydrogens (tertiary/aromatic N) is 3. The van der Waals surface area contributed by atoms with Gasteiger partial charge in [0, 0.05) is 49.1 Å². The molecule has 0 aliphatic carbocycles. The molecule has 2 aromatic rings. The highest BCUT2D eigenvalue weighted by atomic mass is 35.5. The third-order valence-corrected chi connectivity index (χ3v) is 7.81. The molecule has 2 fully saturated rings. The molecular weight excluding hydrogens is 451 g/mol. The second kappa shape index (κ2) is 10.4. The lowest BCUT2D eigenvalue weighted by atomic mass is 9.98. The zero-order valence-electron chi connectivity index (χ0n) is 17.7. The second-order valence-corrected chi connectivity index (χ2v) is 10.3.